The van der Waals surface area contributed by atoms with E-state index < -0.39 is 0 Å². The Morgan fingerprint density at radius 3 is 2.53 bits per heavy atom. The van der Waals surface area contributed by atoms with Gasteiger partial charge in [-0.15, -0.1) is 11.3 Å². The van der Waals surface area contributed by atoms with Gasteiger partial charge in [-0.1, -0.05) is 12.1 Å². The molecule has 1 aromatic carbocycles. The first-order chi connectivity index (χ1) is 8.20. The van der Waals surface area contributed by atoms with E-state index in [-0.39, 0.29) is 6.04 Å². The topological polar surface area (TPSA) is 35.2 Å². The molecule has 0 aliphatic rings. The lowest BCUT2D eigenvalue weighted by molar-refractivity contribution is 0.414. The first-order valence-electron chi connectivity index (χ1n) is 5.32. The summed E-state index contributed by atoms with van der Waals surface area (Å²) in [7, 11) is 1.67. The van der Waals surface area contributed by atoms with Crippen molar-refractivity contribution in [1.82, 2.24) is 0 Å². The summed E-state index contributed by atoms with van der Waals surface area (Å²) in [5.41, 5.74) is 7.41. The molecule has 1 atom stereocenters. The minimum Gasteiger partial charge on any atom is -0.497 e. The highest BCUT2D eigenvalue weighted by Gasteiger charge is 2.11. The molecule has 0 aliphatic heterocycles. The van der Waals surface area contributed by atoms with Crippen LogP contribution in [0.3, 0.4) is 0 Å². The van der Waals surface area contributed by atoms with Gasteiger partial charge in [0.05, 0.1) is 7.11 Å². The maximum absolute atomic E-state index is 6.19. The van der Waals surface area contributed by atoms with Gasteiger partial charge in [-0.3, -0.25) is 0 Å². The van der Waals surface area contributed by atoms with Crippen LogP contribution in [0.2, 0.25) is 0 Å². The molecule has 0 saturated carbocycles. The van der Waals surface area contributed by atoms with Gasteiger partial charge >= 0.3 is 0 Å². The fraction of sp³-hybridized carbons (Fsp3) is 0.231. The number of ether oxygens (including phenoxy) is 1. The van der Waals surface area contributed by atoms with Gasteiger partial charge < -0.3 is 10.5 Å². The molecule has 2 N–H and O–H groups in total. The predicted molar refractivity (Wildman–Crippen MR) is 75.6 cm³/mol. The minimum atomic E-state index is 0.0396. The Hall–Kier alpha value is -0.840. The van der Waals surface area contributed by atoms with Crippen LogP contribution >= 0.6 is 27.3 Å². The van der Waals surface area contributed by atoms with Crippen molar-refractivity contribution in [2.24, 2.45) is 5.73 Å². The Balaban J connectivity index is 2.07. The van der Waals surface area contributed by atoms with Crippen LogP contribution in [-0.4, -0.2) is 7.11 Å². The SMILES string of the molecule is COc1ccc(CC(N)c2sccc2Br)cc1. The van der Waals surface area contributed by atoms with Crippen LogP contribution in [-0.2, 0) is 6.42 Å². The summed E-state index contributed by atoms with van der Waals surface area (Å²) in [6.45, 7) is 0. The standard InChI is InChI=1S/C13H14BrNOS/c1-16-10-4-2-9(3-5-10)8-12(15)13-11(14)6-7-17-13/h2-7,12H,8,15H2,1H3. The number of hydrogen-bond acceptors (Lipinski definition) is 3. The number of benzene rings is 1. The molecule has 0 bridgehead atoms. The van der Waals surface area contributed by atoms with Crippen LogP contribution in [0.1, 0.15) is 16.5 Å². The second kappa shape index (κ2) is 5.67. The van der Waals surface area contributed by atoms with Crippen LogP contribution < -0.4 is 10.5 Å². The van der Waals surface area contributed by atoms with Crippen LogP contribution in [0.4, 0.5) is 0 Å². The molecule has 2 rings (SSSR count). The van der Waals surface area contributed by atoms with Gasteiger partial charge in [0.2, 0.25) is 0 Å². The average molecular weight is 312 g/mol. The summed E-state index contributed by atoms with van der Waals surface area (Å²) in [6, 6.07) is 10.1. The van der Waals surface area contributed by atoms with Crippen LogP contribution in [0.25, 0.3) is 0 Å². The Morgan fingerprint density at radius 2 is 2.00 bits per heavy atom. The Morgan fingerprint density at radius 1 is 1.29 bits per heavy atom. The van der Waals surface area contributed by atoms with Crippen molar-refractivity contribution in [3.63, 3.8) is 0 Å². The number of hydrogen-bond donors (Lipinski definition) is 1. The molecule has 0 radical (unpaired) electrons. The van der Waals surface area contributed by atoms with Crippen molar-refractivity contribution in [1.29, 1.82) is 0 Å². The van der Waals surface area contributed by atoms with E-state index in [2.05, 4.69) is 28.1 Å². The number of methoxy groups -OCH3 is 1. The molecular formula is C13H14BrNOS. The van der Waals surface area contributed by atoms with E-state index in [9.17, 15) is 0 Å². The van der Waals surface area contributed by atoms with E-state index >= 15 is 0 Å². The third kappa shape index (κ3) is 3.09. The number of rotatable bonds is 4. The molecule has 90 valence electrons. The Kier molecular flexibility index (Phi) is 4.20. The average Bonchev–Trinajstić information content (AvgIpc) is 2.76. The minimum absolute atomic E-state index is 0.0396. The van der Waals surface area contributed by atoms with Gasteiger partial charge in [0.25, 0.3) is 0 Å². The van der Waals surface area contributed by atoms with Gasteiger partial charge in [0.1, 0.15) is 5.75 Å². The van der Waals surface area contributed by atoms with Crippen LogP contribution in [0.5, 0.6) is 5.75 Å². The Bertz CT molecular complexity index is 480. The highest BCUT2D eigenvalue weighted by molar-refractivity contribution is 9.10. The number of halogens is 1. The molecule has 2 nitrogen and oxygen atoms in total. The van der Waals surface area contributed by atoms with Crippen molar-refractivity contribution in [3.8, 4) is 5.75 Å². The zero-order valence-electron chi connectivity index (χ0n) is 9.52. The lowest BCUT2D eigenvalue weighted by Gasteiger charge is -2.11. The molecule has 0 fully saturated rings. The number of nitrogens with two attached hydrogens (primary N) is 1. The molecule has 0 amide bonds. The van der Waals surface area contributed by atoms with Crippen molar-refractivity contribution in [2.75, 3.05) is 7.11 Å². The maximum Gasteiger partial charge on any atom is 0.118 e. The summed E-state index contributed by atoms with van der Waals surface area (Å²) in [5, 5.41) is 2.05. The lowest BCUT2D eigenvalue weighted by atomic mass is 10.1. The van der Waals surface area contributed by atoms with E-state index in [1.165, 1.54) is 10.4 Å². The summed E-state index contributed by atoms with van der Waals surface area (Å²) < 4.78 is 6.23. The second-order valence-corrected chi connectivity index (χ2v) is 5.59. The molecule has 2 aromatic rings. The molecule has 1 aromatic heterocycles. The van der Waals surface area contributed by atoms with Crippen LogP contribution in [0, 0.1) is 0 Å². The zero-order valence-corrected chi connectivity index (χ0v) is 11.9. The molecule has 4 heteroatoms. The first-order valence-corrected chi connectivity index (χ1v) is 6.99. The second-order valence-electron chi connectivity index (χ2n) is 3.79. The molecule has 1 heterocycles. The summed E-state index contributed by atoms with van der Waals surface area (Å²) in [6.07, 6.45) is 0.836. The van der Waals surface area contributed by atoms with E-state index in [0.717, 1.165) is 16.6 Å². The fourth-order valence-electron chi connectivity index (χ4n) is 1.68. The molecule has 1 unspecified atom stereocenters. The zero-order chi connectivity index (χ0) is 12.3. The van der Waals surface area contributed by atoms with Gasteiger partial charge in [-0.2, -0.15) is 0 Å². The first kappa shape index (κ1) is 12.6. The summed E-state index contributed by atoms with van der Waals surface area (Å²) >= 11 is 5.20. The van der Waals surface area contributed by atoms with E-state index in [1.807, 2.05) is 23.6 Å². The highest BCUT2D eigenvalue weighted by Crippen LogP contribution is 2.29. The van der Waals surface area contributed by atoms with E-state index in [4.69, 9.17) is 10.5 Å². The largest absolute Gasteiger partial charge is 0.497 e. The van der Waals surface area contributed by atoms with Crippen LogP contribution in [0.15, 0.2) is 40.2 Å². The van der Waals surface area contributed by atoms with Gasteiger partial charge in [0, 0.05) is 15.4 Å². The quantitative estimate of drug-likeness (QED) is 0.933. The third-order valence-corrected chi connectivity index (χ3v) is 4.60. The third-order valence-electron chi connectivity index (χ3n) is 2.60. The van der Waals surface area contributed by atoms with E-state index in [1.54, 1.807) is 18.4 Å². The molecule has 17 heavy (non-hydrogen) atoms. The van der Waals surface area contributed by atoms with Gasteiger partial charge in [-0.05, 0) is 51.5 Å². The number of thiophene rings is 1. The molecule has 0 saturated heterocycles. The monoisotopic (exact) mass is 311 g/mol. The normalized spacial score (nSPS) is 12.4. The van der Waals surface area contributed by atoms with Crippen molar-refractivity contribution in [2.45, 2.75) is 12.5 Å². The molecule has 0 aliphatic carbocycles. The van der Waals surface area contributed by atoms with Gasteiger partial charge in [-0.25, -0.2) is 0 Å². The highest BCUT2D eigenvalue weighted by atomic mass is 79.9. The molecule has 0 spiro atoms. The smallest absolute Gasteiger partial charge is 0.118 e. The molecular weight excluding hydrogens is 298 g/mol. The fourth-order valence-corrected chi connectivity index (χ4v) is 3.35. The van der Waals surface area contributed by atoms with Crippen molar-refractivity contribution in [3.05, 3.63) is 50.6 Å². The predicted octanol–water partition coefficient (Wildman–Crippen LogP) is 3.76. The summed E-state index contributed by atoms with van der Waals surface area (Å²) in [4.78, 5) is 1.20. The van der Waals surface area contributed by atoms with Gasteiger partial charge in [0.15, 0.2) is 0 Å². The van der Waals surface area contributed by atoms with Crippen molar-refractivity contribution < 1.29 is 4.74 Å². The van der Waals surface area contributed by atoms with Crippen molar-refractivity contribution >= 4 is 27.3 Å². The van der Waals surface area contributed by atoms with E-state index in [0.29, 0.717) is 0 Å². The maximum atomic E-state index is 6.19. The lowest BCUT2D eigenvalue weighted by Crippen LogP contribution is -2.12. The Labute approximate surface area is 114 Å². The summed E-state index contributed by atoms with van der Waals surface area (Å²) in [5.74, 6) is 0.875.